The number of carbonyl (C=O) groups is 1. The van der Waals surface area contributed by atoms with Crippen molar-refractivity contribution < 1.29 is 9.21 Å². The van der Waals surface area contributed by atoms with Crippen LogP contribution in [0.3, 0.4) is 0 Å². The Kier molecular flexibility index (Phi) is 4.04. The van der Waals surface area contributed by atoms with E-state index in [1.807, 2.05) is 30.3 Å². The van der Waals surface area contributed by atoms with Gasteiger partial charge < -0.3 is 9.73 Å². The minimum atomic E-state index is 0.00565. The van der Waals surface area contributed by atoms with Gasteiger partial charge in [-0.25, -0.2) is 0 Å². The largest absolute Gasteiger partial charge is 0.459 e. The molecule has 0 saturated carbocycles. The SMILES string of the molecule is O=C(CCCCl)NCc1cc2ccccc2o1. The Bertz CT molecular complexity index is 474. The first kappa shape index (κ1) is 12.0. The van der Waals surface area contributed by atoms with Crippen molar-refractivity contribution in [2.45, 2.75) is 19.4 Å². The van der Waals surface area contributed by atoms with Crippen LogP contribution in [0.2, 0.25) is 0 Å². The van der Waals surface area contributed by atoms with Gasteiger partial charge in [0.2, 0.25) is 5.91 Å². The zero-order chi connectivity index (χ0) is 12.1. The van der Waals surface area contributed by atoms with Crippen molar-refractivity contribution in [2.75, 3.05) is 5.88 Å². The van der Waals surface area contributed by atoms with Crippen LogP contribution in [0.15, 0.2) is 34.7 Å². The molecule has 0 atom stereocenters. The Morgan fingerprint density at radius 2 is 2.18 bits per heavy atom. The number of amides is 1. The zero-order valence-corrected chi connectivity index (χ0v) is 10.2. The Morgan fingerprint density at radius 1 is 1.35 bits per heavy atom. The van der Waals surface area contributed by atoms with Crippen LogP contribution in [0.25, 0.3) is 11.0 Å². The summed E-state index contributed by atoms with van der Waals surface area (Å²) in [4.78, 5) is 11.4. The van der Waals surface area contributed by atoms with Gasteiger partial charge in [0.05, 0.1) is 6.54 Å². The molecule has 17 heavy (non-hydrogen) atoms. The van der Waals surface area contributed by atoms with Gasteiger partial charge >= 0.3 is 0 Å². The number of hydrogen-bond acceptors (Lipinski definition) is 2. The predicted octanol–water partition coefficient (Wildman–Crippen LogP) is 3.07. The van der Waals surface area contributed by atoms with Crippen LogP contribution in [0.5, 0.6) is 0 Å². The number of furan rings is 1. The second-order valence-corrected chi connectivity index (χ2v) is 4.20. The zero-order valence-electron chi connectivity index (χ0n) is 9.41. The fourth-order valence-corrected chi connectivity index (χ4v) is 1.76. The maximum Gasteiger partial charge on any atom is 0.220 e. The van der Waals surface area contributed by atoms with Gasteiger partial charge in [-0.15, -0.1) is 11.6 Å². The van der Waals surface area contributed by atoms with Crippen molar-refractivity contribution in [3.05, 3.63) is 36.1 Å². The standard InChI is InChI=1S/C13H14ClNO2/c14-7-3-6-13(16)15-9-11-8-10-4-1-2-5-12(10)17-11/h1-2,4-5,8H,3,6-7,9H2,(H,15,16). The highest BCUT2D eigenvalue weighted by Crippen LogP contribution is 2.18. The van der Waals surface area contributed by atoms with Gasteiger partial charge in [-0.2, -0.15) is 0 Å². The van der Waals surface area contributed by atoms with Gasteiger partial charge in [0.15, 0.2) is 0 Å². The summed E-state index contributed by atoms with van der Waals surface area (Å²) in [6, 6.07) is 9.72. The summed E-state index contributed by atoms with van der Waals surface area (Å²) in [6.45, 7) is 0.426. The number of rotatable bonds is 5. The molecule has 4 heteroatoms. The number of para-hydroxylation sites is 1. The summed E-state index contributed by atoms with van der Waals surface area (Å²) in [5.74, 6) is 1.29. The van der Waals surface area contributed by atoms with Crippen molar-refractivity contribution in [2.24, 2.45) is 0 Å². The molecule has 2 rings (SSSR count). The minimum Gasteiger partial charge on any atom is -0.459 e. The first-order valence-corrected chi connectivity index (χ1v) is 6.13. The van der Waals surface area contributed by atoms with Crippen LogP contribution in [0.1, 0.15) is 18.6 Å². The van der Waals surface area contributed by atoms with Crippen molar-refractivity contribution in [1.82, 2.24) is 5.32 Å². The first-order valence-electron chi connectivity index (χ1n) is 5.59. The molecule has 0 fully saturated rings. The third kappa shape index (κ3) is 3.24. The lowest BCUT2D eigenvalue weighted by Crippen LogP contribution is -2.22. The number of hydrogen-bond donors (Lipinski definition) is 1. The van der Waals surface area contributed by atoms with E-state index in [9.17, 15) is 4.79 Å². The molecule has 0 saturated heterocycles. The predicted molar refractivity (Wildman–Crippen MR) is 68.0 cm³/mol. The van der Waals surface area contributed by atoms with Crippen LogP contribution in [-0.2, 0) is 11.3 Å². The summed E-state index contributed by atoms with van der Waals surface area (Å²) in [6.07, 6.45) is 1.16. The molecule has 1 N–H and O–H groups in total. The summed E-state index contributed by atoms with van der Waals surface area (Å²) in [7, 11) is 0. The normalized spacial score (nSPS) is 10.6. The van der Waals surface area contributed by atoms with Crippen LogP contribution in [0, 0.1) is 0 Å². The monoisotopic (exact) mass is 251 g/mol. The van der Waals surface area contributed by atoms with E-state index in [1.54, 1.807) is 0 Å². The molecule has 1 heterocycles. The third-order valence-corrected chi connectivity index (χ3v) is 2.74. The van der Waals surface area contributed by atoms with E-state index < -0.39 is 0 Å². The number of nitrogens with one attached hydrogen (secondary N) is 1. The number of benzene rings is 1. The quantitative estimate of drug-likeness (QED) is 0.830. The number of carbonyl (C=O) groups excluding carboxylic acids is 1. The Labute approximate surface area is 105 Å². The first-order chi connectivity index (χ1) is 8.29. The van der Waals surface area contributed by atoms with Gasteiger partial charge in [0.25, 0.3) is 0 Å². The van der Waals surface area contributed by atoms with Gasteiger partial charge in [-0.1, -0.05) is 18.2 Å². The van der Waals surface area contributed by atoms with E-state index >= 15 is 0 Å². The minimum absolute atomic E-state index is 0.00565. The van der Waals surface area contributed by atoms with E-state index in [2.05, 4.69) is 5.32 Å². The number of halogens is 1. The molecule has 0 aliphatic carbocycles. The van der Waals surface area contributed by atoms with E-state index in [0.717, 1.165) is 16.7 Å². The highest BCUT2D eigenvalue weighted by Gasteiger charge is 2.05. The van der Waals surface area contributed by atoms with Crippen LogP contribution in [0.4, 0.5) is 0 Å². The molecule has 1 amide bonds. The lowest BCUT2D eigenvalue weighted by molar-refractivity contribution is -0.121. The molecule has 90 valence electrons. The third-order valence-electron chi connectivity index (χ3n) is 2.47. The molecule has 0 aliphatic heterocycles. The summed E-state index contributed by atoms with van der Waals surface area (Å²) >= 11 is 5.52. The van der Waals surface area contributed by atoms with Crippen LogP contribution >= 0.6 is 11.6 Å². The maximum atomic E-state index is 11.4. The highest BCUT2D eigenvalue weighted by molar-refractivity contribution is 6.17. The Hall–Kier alpha value is -1.48. The number of fused-ring (bicyclic) bond motifs is 1. The van der Waals surface area contributed by atoms with E-state index in [4.69, 9.17) is 16.0 Å². The smallest absolute Gasteiger partial charge is 0.220 e. The second kappa shape index (κ2) is 5.73. The van der Waals surface area contributed by atoms with Crippen molar-refractivity contribution in [3.63, 3.8) is 0 Å². The van der Waals surface area contributed by atoms with Crippen molar-refractivity contribution in [1.29, 1.82) is 0 Å². The Morgan fingerprint density at radius 3 is 2.94 bits per heavy atom. The molecule has 0 aliphatic rings. The van der Waals surface area contributed by atoms with Gasteiger partial charge in [-0.05, 0) is 18.6 Å². The second-order valence-electron chi connectivity index (χ2n) is 3.82. The molecule has 1 aromatic heterocycles. The molecular weight excluding hydrogens is 238 g/mol. The average molecular weight is 252 g/mol. The van der Waals surface area contributed by atoms with Crippen LogP contribution < -0.4 is 5.32 Å². The topological polar surface area (TPSA) is 42.2 Å². The molecule has 1 aromatic carbocycles. The Balaban J connectivity index is 1.92. The molecule has 3 nitrogen and oxygen atoms in total. The fourth-order valence-electron chi connectivity index (χ4n) is 1.63. The van der Waals surface area contributed by atoms with E-state index in [-0.39, 0.29) is 5.91 Å². The number of alkyl halides is 1. The van der Waals surface area contributed by atoms with Crippen LogP contribution in [-0.4, -0.2) is 11.8 Å². The molecule has 0 unspecified atom stereocenters. The molecule has 0 spiro atoms. The van der Waals surface area contributed by atoms with Gasteiger partial charge in [0, 0.05) is 17.7 Å². The summed E-state index contributed by atoms with van der Waals surface area (Å²) in [5.41, 5.74) is 0.845. The maximum absolute atomic E-state index is 11.4. The van der Waals surface area contributed by atoms with Gasteiger partial charge in [-0.3, -0.25) is 4.79 Å². The molecular formula is C13H14ClNO2. The fraction of sp³-hybridized carbons (Fsp3) is 0.308. The average Bonchev–Trinajstić information content (AvgIpc) is 2.76. The van der Waals surface area contributed by atoms with E-state index in [0.29, 0.717) is 25.3 Å². The summed E-state index contributed by atoms with van der Waals surface area (Å²) in [5, 5.41) is 3.86. The molecule has 0 radical (unpaired) electrons. The van der Waals surface area contributed by atoms with E-state index in [1.165, 1.54) is 0 Å². The van der Waals surface area contributed by atoms with Crippen molar-refractivity contribution >= 4 is 28.5 Å². The van der Waals surface area contributed by atoms with Crippen molar-refractivity contribution in [3.8, 4) is 0 Å². The highest BCUT2D eigenvalue weighted by atomic mass is 35.5. The molecule has 2 aromatic rings. The lowest BCUT2D eigenvalue weighted by atomic mass is 10.2. The van der Waals surface area contributed by atoms with Gasteiger partial charge in [0.1, 0.15) is 11.3 Å². The molecule has 0 bridgehead atoms. The lowest BCUT2D eigenvalue weighted by Gasteiger charge is -2.01. The summed E-state index contributed by atoms with van der Waals surface area (Å²) < 4.78 is 5.58.